The monoisotopic (exact) mass is 326 g/mol. The van der Waals surface area contributed by atoms with Gasteiger partial charge in [0.05, 0.1) is 5.41 Å². The van der Waals surface area contributed by atoms with E-state index in [-0.39, 0.29) is 5.78 Å². The van der Waals surface area contributed by atoms with Gasteiger partial charge in [0.1, 0.15) is 8.07 Å². The molecule has 0 radical (unpaired) electrons. The second-order valence-electron chi connectivity index (χ2n) is 6.93. The zero-order chi connectivity index (χ0) is 16.8. The number of rotatable bonds is 5. The number of benzene rings is 1. The highest BCUT2D eigenvalue weighted by atomic mass is 28.3. The third kappa shape index (κ3) is 3.96. The first-order chi connectivity index (χ1) is 11.1. The van der Waals surface area contributed by atoms with Gasteiger partial charge in [0, 0.05) is 5.56 Å². The zero-order valence-corrected chi connectivity index (χ0v) is 16.0. The third-order valence-electron chi connectivity index (χ3n) is 5.78. The second kappa shape index (κ2) is 7.97. The lowest BCUT2D eigenvalue weighted by molar-refractivity contribution is 0.0813. The molecule has 2 rings (SSSR count). The van der Waals surface area contributed by atoms with E-state index in [1.807, 2.05) is 30.3 Å². The standard InChI is InChI=1S/C21H30OSi/c1-4-23(5-2,6-3)18-17-21(15-11-8-12-16-21)20(22)19-13-9-7-10-14-19/h7,9-10,13-14H,4-6,8,11-12,15-16H2,1-3H3. The lowest BCUT2D eigenvalue weighted by Gasteiger charge is -2.32. The highest BCUT2D eigenvalue weighted by molar-refractivity contribution is 6.87. The first kappa shape index (κ1) is 18.0. The van der Waals surface area contributed by atoms with Gasteiger partial charge >= 0.3 is 0 Å². The summed E-state index contributed by atoms with van der Waals surface area (Å²) in [7, 11) is -1.51. The minimum Gasteiger partial charge on any atom is -0.292 e. The molecule has 1 nitrogen and oxygen atoms in total. The number of carbonyl (C=O) groups excluding carboxylic acids is 1. The Hall–Kier alpha value is -1.33. The molecular formula is C21H30OSi. The average Bonchev–Trinajstić information content (AvgIpc) is 2.64. The maximum Gasteiger partial charge on any atom is 0.180 e. The van der Waals surface area contributed by atoms with Gasteiger partial charge < -0.3 is 0 Å². The largest absolute Gasteiger partial charge is 0.292 e. The molecule has 124 valence electrons. The van der Waals surface area contributed by atoms with E-state index in [2.05, 4.69) is 32.2 Å². The Bertz CT molecular complexity index is 561. The maximum absolute atomic E-state index is 13.2. The summed E-state index contributed by atoms with van der Waals surface area (Å²) in [6.45, 7) is 6.83. The van der Waals surface area contributed by atoms with Crippen LogP contribution in [-0.2, 0) is 0 Å². The predicted molar refractivity (Wildman–Crippen MR) is 101 cm³/mol. The van der Waals surface area contributed by atoms with Crippen LogP contribution in [0.3, 0.4) is 0 Å². The van der Waals surface area contributed by atoms with Crippen molar-refractivity contribution in [3.8, 4) is 11.5 Å². The summed E-state index contributed by atoms with van der Waals surface area (Å²) in [4.78, 5) is 13.2. The second-order valence-corrected chi connectivity index (χ2v) is 11.9. The van der Waals surface area contributed by atoms with Gasteiger partial charge in [0.25, 0.3) is 0 Å². The summed E-state index contributed by atoms with van der Waals surface area (Å²) >= 11 is 0. The lowest BCUT2D eigenvalue weighted by Crippen LogP contribution is -2.35. The van der Waals surface area contributed by atoms with Gasteiger partial charge in [-0.3, -0.25) is 4.79 Å². The van der Waals surface area contributed by atoms with Crippen molar-refractivity contribution in [2.75, 3.05) is 0 Å². The number of Topliss-reactive ketones (excluding diaryl/α,β-unsaturated/α-hetero) is 1. The molecule has 0 bridgehead atoms. The normalized spacial score (nSPS) is 17.2. The quantitative estimate of drug-likeness (QED) is 0.375. The topological polar surface area (TPSA) is 17.1 Å². The van der Waals surface area contributed by atoms with E-state index in [9.17, 15) is 4.79 Å². The Morgan fingerprint density at radius 1 is 1.00 bits per heavy atom. The summed E-state index contributed by atoms with van der Waals surface area (Å²) in [6.07, 6.45) is 5.38. The molecule has 1 aromatic rings. The SMILES string of the molecule is CC[Si](C#CC1(C(=O)c2ccccc2)CCCCC1)(CC)CC. The van der Waals surface area contributed by atoms with Gasteiger partial charge in [-0.1, -0.05) is 76.3 Å². The van der Waals surface area contributed by atoms with Crippen LogP contribution in [0.5, 0.6) is 0 Å². The Kier molecular flexibility index (Phi) is 6.24. The molecule has 0 heterocycles. The molecule has 0 atom stereocenters. The molecule has 1 aromatic carbocycles. The Morgan fingerprint density at radius 2 is 1.57 bits per heavy atom. The number of hydrogen-bond donors (Lipinski definition) is 0. The first-order valence-electron chi connectivity index (χ1n) is 9.25. The van der Waals surface area contributed by atoms with Crippen LogP contribution in [0.1, 0.15) is 63.2 Å². The highest BCUT2D eigenvalue weighted by Crippen LogP contribution is 2.39. The molecule has 0 aliphatic heterocycles. The van der Waals surface area contributed by atoms with Crippen molar-refractivity contribution in [3.63, 3.8) is 0 Å². The minimum absolute atomic E-state index is 0.261. The van der Waals surface area contributed by atoms with Crippen LogP contribution in [0.25, 0.3) is 0 Å². The van der Waals surface area contributed by atoms with Crippen molar-refractivity contribution in [1.82, 2.24) is 0 Å². The Labute approximate surface area is 142 Å². The molecular weight excluding hydrogens is 296 g/mol. The van der Waals surface area contributed by atoms with Crippen molar-refractivity contribution >= 4 is 13.9 Å². The molecule has 0 amide bonds. The first-order valence-corrected chi connectivity index (χ1v) is 11.9. The van der Waals surface area contributed by atoms with E-state index in [4.69, 9.17) is 0 Å². The third-order valence-corrected chi connectivity index (χ3v) is 10.5. The number of carbonyl (C=O) groups is 1. The van der Waals surface area contributed by atoms with Crippen molar-refractivity contribution in [3.05, 3.63) is 35.9 Å². The fourth-order valence-corrected chi connectivity index (χ4v) is 6.23. The summed E-state index contributed by atoms with van der Waals surface area (Å²) in [5, 5.41) is 0. The Balaban J connectivity index is 2.39. The van der Waals surface area contributed by atoms with Gasteiger partial charge in [0.15, 0.2) is 5.78 Å². The van der Waals surface area contributed by atoms with Crippen molar-refractivity contribution in [2.45, 2.75) is 71.0 Å². The summed E-state index contributed by atoms with van der Waals surface area (Å²) in [5.41, 5.74) is 4.13. The van der Waals surface area contributed by atoms with Crippen LogP contribution < -0.4 is 0 Å². The smallest absolute Gasteiger partial charge is 0.180 e. The van der Waals surface area contributed by atoms with Crippen molar-refractivity contribution in [1.29, 1.82) is 0 Å². The molecule has 0 spiro atoms. The minimum atomic E-state index is -1.51. The molecule has 2 heteroatoms. The van der Waals surface area contributed by atoms with Crippen LogP contribution in [0.2, 0.25) is 18.1 Å². The molecule has 1 fully saturated rings. The summed E-state index contributed by atoms with van der Waals surface area (Å²) < 4.78 is 0. The van der Waals surface area contributed by atoms with E-state index < -0.39 is 13.5 Å². The van der Waals surface area contributed by atoms with Crippen LogP contribution in [-0.4, -0.2) is 13.9 Å². The van der Waals surface area contributed by atoms with E-state index >= 15 is 0 Å². The summed E-state index contributed by atoms with van der Waals surface area (Å²) in [6, 6.07) is 13.4. The van der Waals surface area contributed by atoms with Gasteiger partial charge in [-0.25, -0.2) is 0 Å². The lowest BCUT2D eigenvalue weighted by atomic mass is 9.70. The summed E-state index contributed by atoms with van der Waals surface area (Å²) in [5.74, 6) is 3.85. The Morgan fingerprint density at radius 3 is 2.09 bits per heavy atom. The van der Waals surface area contributed by atoms with E-state index in [1.54, 1.807) is 0 Å². The van der Waals surface area contributed by atoms with Crippen molar-refractivity contribution in [2.24, 2.45) is 5.41 Å². The molecule has 0 unspecified atom stereocenters. The van der Waals surface area contributed by atoms with Crippen LogP contribution in [0.4, 0.5) is 0 Å². The van der Waals surface area contributed by atoms with E-state index in [0.717, 1.165) is 31.2 Å². The molecule has 0 N–H and O–H groups in total. The zero-order valence-electron chi connectivity index (χ0n) is 15.0. The maximum atomic E-state index is 13.2. The van der Waals surface area contributed by atoms with E-state index in [0.29, 0.717) is 0 Å². The molecule has 23 heavy (non-hydrogen) atoms. The molecule has 1 saturated carbocycles. The van der Waals surface area contributed by atoms with E-state index in [1.165, 1.54) is 24.6 Å². The molecule has 0 saturated heterocycles. The van der Waals surface area contributed by atoms with Gasteiger partial charge in [-0.2, -0.15) is 0 Å². The van der Waals surface area contributed by atoms with Crippen LogP contribution >= 0.6 is 0 Å². The highest BCUT2D eigenvalue weighted by Gasteiger charge is 2.39. The number of hydrogen-bond acceptors (Lipinski definition) is 1. The fourth-order valence-electron chi connectivity index (χ4n) is 3.70. The van der Waals surface area contributed by atoms with Crippen LogP contribution in [0, 0.1) is 16.9 Å². The molecule has 0 aromatic heterocycles. The van der Waals surface area contributed by atoms with Crippen molar-refractivity contribution < 1.29 is 4.79 Å². The number of ketones is 1. The molecule has 1 aliphatic carbocycles. The molecule has 1 aliphatic rings. The van der Waals surface area contributed by atoms with Gasteiger partial charge in [-0.05, 0) is 31.0 Å². The average molecular weight is 327 g/mol. The predicted octanol–water partition coefficient (Wildman–Crippen LogP) is 5.87. The van der Waals surface area contributed by atoms with Gasteiger partial charge in [0.2, 0.25) is 0 Å². The fraction of sp³-hybridized carbons (Fsp3) is 0.571. The van der Waals surface area contributed by atoms with Gasteiger partial charge in [-0.15, -0.1) is 5.54 Å². The van der Waals surface area contributed by atoms with Crippen LogP contribution in [0.15, 0.2) is 30.3 Å².